The van der Waals surface area contributed by atoms with Gasteiger partial charge < -0.3 is 9.42 Å². The molecule has 0 radical (unpaired) electrons. The van der Waals surface area contributed by atoms with Crippen molar-refractivity contribution in [3.8, 4) is 11.3 Å². The van der Waals surface area contributed by atoms with E-state index in [9.17, 15) is 13.2 Å². The second-order valence-electron chi connectivity index (χ2n) is 5.42. The summed E-state index contributed by atoms with van der Waals surface area (Å²) < 4.78 is 28.3. The minimum atomic E-state index is -3.03. The minimum absolute atomic E-state index is 0.0125. The number of nitrogens with zero attached hydrogens (tertiary/aromatic N) is 2. The van der Waals surface area contributed by atoms with Crippen LogP contribution in [-0.4, -0.2) is 49.0 Å². The monoisotopic (exact) mass is 320 g/mol. The summed E-state index contributed by atoms with van der Waals surface area (Å²) in [7, 11) is -1.43. The highest BCUT2D eigenvalue weighted by atomic mass is 32.2. The normalized spacial score (nSPS) is 20.0. The van der Waals surface area contributed by atoms with Crippen molar-refractivity contribution in [2.45, 2.75) is 12.5 Å². The van der Waals surface area contributed by atoms with Crippen molar-refractivity contribution < 1.29 is 17.7 Å². The molecule has 1 aromatic heterocycles. The van der Waals surface area contributed by atoms with Gasteiger partial charge in [-0.3, -0.25) is 4.79 Å². The van der Waals surface area contributed by atoms with Crippen LogP contribution in [0.25, 0.3) is 11.3 Å². The molecule has 1 saturated heterocycles. The van der Waals surface area contributed by atoms with Gasteiger partial charge in [0, 0.05) is 24.7 Å². The van der Waals surface area contributed by atoms with Gasteiger partial charge in [-0.25, -0.2) is 8.42 Å². The Morgan fingerprint density at radius 2 is 2.05 bits per heavy atom. The van der Waals surface area contributed by atoms with Crippen LogP contribution in [0.5, 0.6) is 0 Å². The summed E-state index contributed by atoms with van der Waals surface area (Å²) in [4.78, 5) is 13.8. The molecule has 6 nitrogen and oxygen atoms in total. The van der Waals surface area contributed by atoms with Crippen LogP contribution in [0.1, 0.15) is 16.9 Å². The van der Waals surface area contributed by atoms with Crippen molar-refractivity contribution in [1.29, 1.82) is 0 Å². The molecule has 1 aliphatic rings. The standard InChI is InChI=1S/C15H16N2O4S/c1-17(12-7-8-22(19,20)10-12)15(18)13-9-14(21-16-13)11-5-3-2-4-6-11/h2-6,9,12H,7-8,10H2,1H3/t12-/m0/s1. The van der Waals surface area contributed by atoms with E-state index in [0.29, 0.717) is 12.2 Å². The van der Waals surface area contributed by atoms with Crippen LogP contribution in [0.15, 0.2) is 40.9 Å². The lowest BCUT2D eigenvalue weighted by atomic mass is 10.1. The molecular formula is C15H16N2O4S. The highest BCUT2D eigenvalue weighted by Crippen LogP contribution is 2.22. The molecular weight excluding hydrogens is 304 g/mol. The van der Waals surface area contributed by atoms with E-state index >= 15 is 0 Å². The summed E-state index contributed by atoms with van der Waals surface area (Å²) in [6.45, 7) is 0. The molecule has 7 heteroatoms. The molecule has 0 saturated carbocycles. The zero-order valence-corrected chi connectivity index (χ0v) is 12.9. The highest BCUT2D eigenvalue weighted by Gasteiger charge is 2.33. The lowest BCUT2D eigenvalue weighted by Gasteiger charge is -2.21. The van der Waals surface area contributed by atoms with Gasteiger partial charge in [0.2, 0.25) is 0 Å². The third kappa shape index (κ3) is 2.89. The zero-order valence-electron chi connectivity index (χ0n) is 12.1. The number of hydrogen-bond donors (Lipinski definition) is 0. The quantitative estimate of drug-likeness (QED) is 0.858. The van der Waals surface area contributed by atoms with Gasteiger partial charge in [0.1, 0.15) is 0 Å². The molecule has 0 bridgehead atoms. The molecule has 22 heavy (non-hydrogen) atoms. The summed E-state index contributed by atoms with van der Waals surface area (Å²) >= 11 is 0. The number of hydrogen-bond acceptors (Lipinski definition) is 5. The Morgan fingerprint density at radius 1 is 1.32 bits per heavy atom. The first kappa shape index (κ1) is 14.8. The second-order valence-corrected chi connectivity index (χ2v) is 7.64. The van der Waals surface area contributed by atoms with Crippen molar-refractivity contribution in [2.24, 2.45) is 0 Å². The maximum Gasteiger partial charge on any atom is 0.276 e. The van der Waals surface area contributed by atoms with Crippen LogP contribution in [0.2, 0.25) is 0 Å². The van der Waals surface area contributed by atoms with Crippen molar-refractivity contribution >= 4 is 15.7 Å². The average molecular weight is 320 g/mol. The lowest BCUT2D eigenvalue weighted by Crippen LogP contribution is -2.37. The van der Waals surface area contributed by atoms with Gasteiger partial charge >= 0.3 is 0 Å². The Kier molecular flexibility index (Phi) is 3.74. The van der Waals surface area contributed by atoms with Crippen LogP contribution in [0, 0.1) is 0 Å². The summed E-state index contributed by atoms with van der Waals surface area (Å²) in [5, 5.41) is 3.81. The van der Waals surface area contributed by atoms with Crippen molar-refractivity contribution in [1.82, 2.24) is 10.1 Å². The molecule has 1 fully saturated rings. The Labute approximate surface area is 128 Å². The fourth-order valence-electron chi connectivity index (χ4n) is 2.54. The molecule has 1 aromatic carbocycles. The Bertz CT molecular complexity index is 783. The van der Waals surface area contributed by atoms with E-state index in [4.69, 9.17) is 4.52 Å². The van der Waals surface area contributed by atoms with Gasteiger partial charge in [0.25, 0.3) is 5.91 Å². The predicted molar refractivity (Wildman–Crippen MR) is 81.1 cm³/mol. The van der Waals surface area contributed by atoms with E-state index in [1.807, 2.05) is 30.3 Å². The average Bonchev–Trinajstić information content (AvgIpc) is 3.13. The van der Waals surface area contributed by atoms with Crippen LogP contribution in [0.3, 0.4) is 0 Å². The van der Waals surface area contributed by atoms with Crippen LogP contribution in [0.4, 0.5) is 0 Å². The minimum Gasteiger partial charge on any atom is -0.355 e. The first-order chi connectivity index (χ1) is 10.5. The van der Waals surface area contributed by atoms with E-state index in [2.05, 4.69) is 5.16 Å². The van der Waals surface area contributed by atoms with Gasteiger partial charge in [-0.1, -0.05) is 35.5 Å². The van der Waals surface area contributed by atoms with Gasteiger partial charge in [-0.2, -0.15) is 0 Å². The number of amides is 1. The van der Waals surface area contributed by atoms with E-state index in [1.54, 1.807) is 13.1 Å². The van der Waals surface area contributed by atoms with Crippen molar-refractivity contribution in [2.75, 3.05) is 18.6 Å². The molecule has 2 heterocycles. The maximum atomic E-state index is 12.4. The zero-order chi connectivity index (χ0) is 15.7. The van der Waals surface area contributed by atoms with Crippen molar-refractivity contribution in [3.05, 3.63) is 42.1 Å². The highest BCUT2D eigenvalue weighted by molar-refractivity contribution is 7.91. The molecule has 0 spiro atoms. The lowest BCUT2D eigenvalue weighted by molar-refractivity contribution is 0.0737. The fraction of sp³-hybridized carbons (Fsp3) is 0.333. The summed E-state index contributed by atoms with van der Waals surface area (Å²) in [6.07, 6.45) is 0.466. The molecule has 1 amide bonds. The summed E-state index contributed by atoms with van der Waals surface area (Å²) in [5.74, 6) is 0.326. The third-order valence-corrected chi connectivity index (χ3v) is 5.61. The Balaban J connectivity index is 1.77. The number of benzene rings is 1. The Hall–Kier alpha value is -2.15. The number of sulfone groups is 1. The predicted octanol–water partition coefficient (Wildman–Crippen LogP) is 1.60. The number of carbonyl (C=O) groups is 1. The molecule has 0 aliphatic carbocycles. The van der Waals surface area contributed by atoms with Gasteiger partial charge in [-0.05, 0) is 6.42 Å². The SMILES string of the molecule is CN(C(=O)c1cc(-c2ccccc2)on1)[C@H]1CCS(=O)(=O)C1. The first-order valence-corrected chi connectivity index (χ1v) is 8.78. The number of rotatable bonds is 3. The molecule has 1 aliphatic heterocycles. The van der Waals surface area contributed by atoms with Crippen LogP contribution in [-0.2, 0) is 9.84 Å². The topological polar surface area (TPSA) is 80.5 Å². The number of carbonyl (C=O) groups excluding carboxylic acids is 1. The first-order valence-electron chi connectivity index (χ1n) is 6.96. The van der Waals surface area contributed by atoms with E-state index in [-0.39, 0.29) is 29.1 Å². The van der Waals surface area contributed by atoms with E-state index in [1.165, 1.54) is 4.90 Å². The largest absolute Gasteiger partial charge is 0.355 e. The molecule has 3 rings (SSSR count). The van der Waals surface area contributed by atoms with Gasteiger partial charge in [0.05, 0.1) is 11.5 Å². The molecule has 1 atom stereocenters. The van der Waals surface area contributed by atoms with Crippen LogP contribution < -0.4 is 0 Å². The van der Waals surface area contributed by atoms with E-state index in [0.717, 1.165) is 5.56 Å². The van der Waals surface area contributed by atoms with E-state index < -0.39 is 9.84 Å². The van der Waals surface area contributed by atoms with Crippen molar-refractivity contribution in [3.63, 3.8) is 0 Å². The fourth-order valence-corrected chi connectivity index (χ4v) is 4.32. The molecule has 116 valence electrons. The third-order valence-electron chi connectivity index (χ3n) is 3.86. The molecule has 0 unspecified atom stereocenters. The summed E-state index contributed by atoms with van der Waals surface area (Å²) in [5.41, 5.74) is 1.02. The summed E-state index contributed by atoms with van der Waals surface area (Å²) in [6, 6.07) is 10.6. The van der Waals surface area contributed by atoms with Gasteiger partial charge in [-0.15, -0.1) is 0 Å². The van der Waals surface area contributed by atoms with Gasteiger partial charge in [0.15, 0.2) is 21.3 Å². The molecule has 2 aromatic rings. The second kappa shape index (κ2) is 5.57. The molecule has 0 N–H and O–H groups in total. The Morgan fingerprint density at radius 3 is 2.68 bits per heavy atom. The number of aromatic nitrogens is 1. The maximum absolute atomic E-state index is 12.4. The smallest absolute Gasteiger partial charge is 0.276 e. The van der Waals surface area contributed by atoms with Crippen LogP contribution >= 0.6 is 0 Å².